The van der Waals surface area contributed by atoms with Crippen LogP contribution in [0, 0.1) is 0 Å². The van der Waals surface area contributed by atoms with Gasteiger partial charge in [0.25, 0.3) is 0 Å². The highest BCUT2D eigenvalue weighted by Crippen LogP contribution is 2.29. The lowest BCUT2D eigenvalue weighted by Gasteiger charge is -2.12. The van der Waals surface area contributed by atoms with Gasteiger partial charge in [-0.15, -0.1) is 11.3 Å². The monoisotopic (exact) mass is 359 g/mol. The van der Waals surface area contributed by atoms with Crippen molar-refractivity contribution in [2.24, 2.45) is 0 Å². The normalized spacial score (nSPS) is 10.8. The number of rotatable bonds is 10. The van der Waals surface area contributed by atoms with E-state index in [2.05, 4.69) is 18.3 Å². The van der Waals surface area contributed by atoms with E-state index in [4.69, 9.17) is 9.47 Å². The third kappa shape index (κ3) is 6.63. The van der Waals surface area contributed by atoms with Crippen molar-refractivity contribution in [2.75, 3.05) is 19.8 Å². The van der Waals surface area contributed by atoms with Crippen LogP contribution in [0.15, 0.2) is 41.8 Å². The van der Waals surface area contributed by atoms with E-state index in [1.807, 2.05) is 36.6 Å². The maximum Gasteiger partial charge on any atom is 0.244 e. The molecule has 1 heterocycles. The predicted molar refractivity (Wildman–Crippen MR) is 103 cm³/mol. The number of ether oxygens (including phenoxy) is 2. The number of carbonyl (C=O) groups excluding carboxylic acids is 1. The average molecular weight is 359 g/mol. The van der Waals surface area contributed by atoms with Crippen LogP contribution in [-0.2, 0) is 11.2 Å². The first-order valence-corrected chi connectivity index (χ1v) is 9.48. The maximum atomic E-state index is 11.9. The van der Waals surface area contributed by atoms with Gasteiger partial charge >= 0.3 is 0 Å². The van der Waals surface area contributed by atoms with Gasteiger partial charge in [0.05, 0.1) is 13.2 Å². The molecule has 1 N–H and O–H groups in total. The van der Waals surface area contributed by atoms with E-state index in [1.54, 1.807) is 23.5 Å². The Balaban J connectivity index is 1.89. The second kappa shape index (κ2) is 10.6. The Morgan fingerprint density at radius 3 is 2.80 bits per heavy atom. The van der Waals surface area contributed by atoms with Crippen molar-refractivity contribution in [1.82, 2.24) is 5.32 Å². The van der Waals surface area contributed by atoms with Crippen LogP contribution in [0.25, 0.3) is 6.08 Å². The molecule has 0 bridgehead atoms. The van der Waals surface area contributed by atoms with Crippen LogP contribution < -0.4 is 14.8 Å². The van der Waals surface area contributed by atoms with Crippen molar-refractivity contribution < 1.29 is 14.3 Å². The number of amides is 1. The zero-order chi connectivity index (χ0) is 17.9. The molecule has 4 nitrogen and oxygen atoms in total. The molecule has 25 heavy (non-hydrogen) atoms. The van der Waals surface area contributed by atoms with E-state index >= 15 is 0 Å². The number of hydrogen-bond acceptors (Lipinski definition) is 4. The van der Waals surface area contributed by atoms with Crippen LogP contribution in [-0.4, -0.2) is 25.7 Å². The van der Waals surface area contributed by atoms with Crippen molar-refractivity contribution in [3.05, 3.63) is 52.2 Å². The SMILES string of the molecule is CCCOc1ccc(/C=C/C(=O)NCCc2cccs2)cc1OCC. The topological polar surface area (TPSA) is 47.6 Å². The Morgan fingerprint density at radius 2 is 2.08 bits per heavy atom. The molecule has 0 saturated carbocycles. The van der Waals surface area contributed by atoms with E-state index in [9.17, 15) is 4.79 Å². The van der Waals surface area contributed by atoms with Crippen molar-refractivity contribution in [3.63, 3.8) is 0 Å². The van der Waals surface area contributed by atoms with Gasteiger partial charge in [0.2, 0.25) is 5.91 Å². The molecule has 0 saturated heterocycles. The molecule has 0 fully saturated rings. The summed E-state index contributed by atoms with van der Waals surface area (Å²) in [7, 11) is 0. The summed E-state index contributed by atoms with van der Waals surface area (Å²) in [6.07, 6.45) is 5.13. The van der Waals surface area contributed by atoms with Gasteiger partial charge in [-0.05, 0) is 55.0 Å². The van der Waals surface area contributed by atoms with Crippen LogP contribution in [0.3, 0.4) is 0 Å². The summed E-state index contributed by atoms with van der Waals surface area (Å²) in [5, 5.41) is 4.94. The van der Waals surface area contributed by atoms with Crippen molar-refractivity contribution in [2.45, 2.75) is 26.7 Å². The first kappa shape index (κ1) is 19.1. The van der Waals surface area contributed by atoms with Gasteiger partial charge < -0.3 is 14.8 Å². The molecule has 1 aromatic heterocycles. The molecule has 2 rings (SSSR count). The van der Waals surface area contributed by atoms with Crippen LogP contribution in [0.5, 0.6) is 11.5 Å². The molecule has 0 spiro atoms. The minimum Gasteiger partial charge on any atom is -0.490 e. The predicted octanol–water partition coefficient (Wildman–Crippen LogP) is 4.31. The van der Waals surface area contributed by atoms with E-state index in [0.717, 1.165) is 24.2 Å². The van der Waals surface area contributed by atoms with E-state index in [0.29, 0.717) is 25.5 Å². The zero-order valence-corrected chi connectivity index (χ0v) is 15.6. The van der Waals surface area contributed by atoms with E-state index in [-0.39, 0.29) is 5.91 Å². The number of hydrogen-bond donors (Lipinski definition) is 1. The van der Waals surface area contributed by atoms with Crippen molar-refractivity contribution in [3.8, 4) is 11.5 Å². The Morgan fingerprint density at radius 1 is 1.20 bits per heavy atom. The molecule has 0 aliphatic rings. The van der Waals surface area contributed by atoms with Crippen molar-refractivity contribution >= 4 is 23.3 Å². The lowest BCUT2D eigenvalue weighted by atomic mass is 10.2. The van der Waals surface area contributed by atoms with Gasteiger partial charge in [0.15, 0.2) is 11.5 Å². The van der Waals surface area contributed by atoms with Crippen LogP contribution in [0.4, 0.5) is 0 Å². The molecule has 0 aliphatic heterocycles. The van der Waals surface area contributed by atoms with E-state index < -0.39 is 0 Å². The van der Waals surface area contributed by atoms with E-state index in [1.165, 1.54) is 4.88 Å². The summed E-state index contributed by atoms with van der Waals surface area (Å²) < 4.78 is 11.3. The lowest BCUT2D eigenvalue weighted by Crippen LogP contribution is -2.23. The second-order valence-electron chi connectivity index (χ2n) is 5.44. The molecule has 134 valence electrons. The Kier molecular flexibility index (Phi) is 8.05. The standard InChI is InChI=1S/C20H25NO3S/c1-3-13-24-18-9-7-16(15-19(18)23-4-2)8-10-20(22)21-12-11-17-6-5-14-25-17/h5-10,14-15H,3-4,11-13H2,1-2H3,(H,21,22)/b10-8+. The average Bonchev–Trinajstić information content (AvgIpc) is 3.13. The number of benzene rings is 1. The fraction of sp³-hybridized carbons (Fsp3) is 0.350. The van der Waals surface area contributed by atoms with Crippen molar-refractivity contribution in [1.29, 1.82) is 0 Å². The minimum atomic E-state index is -0.0965. The molecule has 0 aliphatic carbocycles. The van der Waals surface area contributed by atoms with Gasteiger partial charge in [-0.25, -0.2) is 0 Å². The molecular weight excluding hydrogens is 334 g/mol. The highest BCUT2D eigenvalue weighted by atomic mass is 32.1. The Labute approximate surface area is 153 Å². The number of nitrogens with one attached hydrogen (secondary N) is 1. The summed E-state index contributed by atoms with van der Waals surface area (Å²) >= 11 is 1.70. The van der Waals surface area contributed by atoms with Gasteiger partial charge in [-0.3, -0.25) is 4.79 Å². The molecule has 5 heteroatoms. The molecule has 1 amide bonds. The summed E-state index contributed by atoms with van der Waals surface area (Å²) in [5.74, 6) is 1.35. The Hall–Kier alpha value is -2.27. The summed E-state index contributed by atoms with van der Waals surface area (Å²) in [6.45, 7) is 5.86. The lowest BCUT2D eigenvalue weighted by molar-refractivity contribution is -0.116. The molecule has 2 aromatic rings. The highest BCUT2D eigenvalue weighted by molar-refractivity contribution is 7.09. The zero-order valence-electron chi connectivity index (χ0n) is 14.8. The van der Waals surface area contributed by atoms with Gasteiger partial charge in [-0.1, -0.05) is 19.1 Å². The quantitative estimate of drug-likeness (QED) is 0.643. The third-order valence-corrected chi connectivity index (χ3v) is 4.34. The van der Waals surface area contributed by atoms with Gasteiger partial charge in [-0.2, -0.15) is 0 Å². The molecule has 1 aromatic carbocycles. The van der Waals surface area contributed by atoms with Gasteiger partial charge in [0.1, 0.15) is 0 Å². The number of thiophene rings is 1. The van der Waals surface area contributed by atoms with Gasteiger partial charge in [0, 0.05) is 17.5 Å². The van der Waals surface area contributed by atoms with Crippen LogP contribution >= 0.6 is 11.3 Å². The van der Waals surface area contributed by atoms with Crippen LogP contribution in [0.2, 0.25) is 0 Å². The first-order chi connectivity index (χ1) is 12.2. The maximum absolute atomic E-state index is 11.9. The first-order valence-electron chi connectivity index (χ1n) is 8.60. The fourth-order valence-corrected chi connectivity index (χ4v) is 2.93. The number of carbonyl (C=O) groups is 1. The summed E-state index contributed by atoms with van der Waals surface area (Å²) in [5.41, 5.74) is 0.903. The summed E-state index contributed by atoms with van der Waals surface area (Å²) in [4.78, 5) is 13.2. The van der Waals surface area contributed by atoms with Crippen LogP contribution in [0.1, 0.15) is 30.7 Å². The summed E-state index contributed by atoms with van der Waals surface area (Å²) in [6, 6.07) is 9.79. The molecule has 0 radical (unpaired) electrons. The molecule has 0 atom stereocenters. The Bertz CT molecular complexity index is 680. The smallest absolute Gasteiger partial charge is 0.244 e. The molecular formula is C20H25NO3S. The second-order valence-corrected chi connectivity index (χ2v) is 6.47. The highest BCUT2D eigenvalue weighted by Gasteiger charge is 2.05. The molecule has 0 unspecified atom stereocenters. The largest absolute Gasteiger partial charge is 0.490 e. The fourth-order valence-electron chi connectivity index (χ4n) is 2.22. The third-order valence-electron chi connectivity index (χ3n) is 3.41. The minimum absolute atomic E-state index is 0.0965.